The van der Waals surface area contributed by atoms with Crippen molar-refractivity contribution >= 4 is 34.9 Å². The normalized spacial score (nSPS) is 11.7. The monoisotopic (exact) mass is 346 g/mol. The number of hydrogen-bond acceptors (Lipinski definition) is 4. The van der Waals surface area contributed by atoms with Gasteiger partial charge >= 0.3 is 5.97 Å². The van der Waals surface area contributed by atoms with Gasteiger partial charge in [-0.3, -0.25) is 4.79 Å². The van der Waals surface area contributed by atoms with E-state index >= 15 is 0 Å². The van der Waals surface area contributed by atoms with Crippen LogP contribution in [-0.4, -0.2) is 18.0 Å². The number of benzene rings is 2. The predicted octanol–water partition coefficient (Wildman–Crippen LogP) is 3.72. The Kier molecular flexibility index (Phi) is 5.46. The molecule has 0 radical (unpaired) electrons. The number of nitrogens with one attached hydrogen (secondary N) is 1. The lowest BCUT2D eigenvalue weighted by Crippen LogP contribution is -2.30. The number of carbonyl (C=O) groups is 2. The lowest BCUT2D eigenvalue weighted by Gasteiger charge is -2.16. The molecule has 0 spiro atoms. The minimum Gasteiger partial charge on any atom is -0.449 e. The van der Waals surface area contributed by atoms with Crippen LogP contribution in [-0.2, 0) is 9.53 Å². The first-order valence-corrected chi connectivity index (χ1v) is 7.80. The van der Waals surface area contributed by atoms with Crippen molar-refractivity contribution in [2.24, 2.45) is 0 Å². The Balaban J connectivity index is 2.07. The molecule has 126 valence electrons. The van der Waals surface area contributed by atoms with Gasteiger partial charge in [-0.25, -0.2) is 4.79 Å². The van der Waals surface area contributed by atoms with Gasteiger partial charge in [-0.1, -0.05) is 29.8 Å². The second-order valence-electron chi connectivity index (χ2n) is 5.53. The molecule has 0 saturated heterocycles. The topological polar surface area (TPSA) is 81.4 Å². The molecule has 0 aliphatic carbocycles. The molecule has 24 heavy (non-hydrogen) atoms. The van der Waals surface area contributed by atoms with Gasteiger partial charge in [-0.05, 0) is 50.1 Å². The van der Waals surface area contributed by atoms with Crippen LogP contribution >= 0.6 is 11.6 Å². The van der Waals surface area contributed by atoms with Crippen molar-refractivity contribution in [3.05, 3.63) is 58.1 Å². The van der Waals surface area contributed by atoms with Crippen LogP contribution in [0.5, 0.6) is 0 Å². The molecular weight excluding hydrogens is 328 g/mol. The summed E-state index contributed by atoms with van der Waals surface area (Å²) in [4.78, 5) is 24.4. The largest absolute Gasteiger partial charge is 0.449 e. The van der Waals surface area contributed by atoms with Crippen LogP contribution in [0.3, 0.4) is 0 Å². The second-order valence-corrected chi connectivity index (χ2v) is 5.97. The summed E-state index contributed by atoms with van der Waals surface area (Å²) < 4.78 is 5.21. The maximum atomic E-state index is 12.2. The van der Waals surface area contributed by atoms with Gasteiger partial charge in [-0.15, -0.1) is 0 Å². The molecule has 0 aliphatic heterocycles. The fraction of sp³-hybridized carbons (Fsp3) is 0.222. The van der Waals surface area contributed by atoms with Crippen LogP contribution < -0.4 is 11.1 Å². The molecule has 0 aromatic heterocycles. The Morgan fingerprint density at radius 2 is 1.88 bits per heavy atom. The van der Waals surface area contributed by atoms with E-state index in [1.54, 1.807) is 43.3 Å². The predicted molar refractivity (Wildman–Crippen MR) is 95.3 cm³/mol. The second kappa shape index (κ2) is 7.36. The smallest absolute Gasteiger partial charge is 0.341 e. The van der Waals surface area contributed by atoms with Crippen molar-refractivity contribution in [3.63, 3.8) is 0 Å². The fourth-order valence-electron chi connectivity index (χ4n) is 2.10. The van der Waals surface area contributed by atoms with Gasteiger partial charge in [0.1, 0.15) is 0 Å². The summed E-state index contributed by atoms with van der Waals surface area (Å²) in [5.41, 5.74) is 8.68. The molecule has 0 heterocycles. The Hall–Kier alpha value is -2.53. The first-order chi connectivity index (χ1) is 11.3. The zero-order valence-electron chi connectivity index (χ0n) is 13.7. The molecule has 0 fully saturated rings. The lowest BCUT2D eigenvalue weighted by molar-refractivity contribution is -0.123. The molecule has 0 aliphatic rings. The van der Waals surface area contributed by atoms with E-state index in [0.717, 1.165) is 11.1 Å². The molecule has 1 amide bonds. The minimum atomic E-state index is -0.976. The number of aryl methyl sites for hydroxylation is 2. The summed E-state index contributed by atoms with van der Waals surface area (Å²) in [7, 11) is 0. The van der Waals surface area contributed by atoms with Crippen LogP contribution in [0.15, 0.2) is 36.4 Å². The van der Waals surface area contributed by atoms with E-state index in [4.69, 9.17) is 22.1 Å². The Bertz CT molecular complexity index is 790. The molecule has 6 heteroatoms. The highest BCUT2D eigenvalue weighted by molar-refractivity contribution is 6.31. The number of ether oxygens (including phenoxy) is 1. The van der Waals surface area contributed by atoms with Crippen LogP contribution in [0.25, 0.3) is 0 Å². The van der Waals surface area contributed by atoms with E-state index in [-0.39, 0.29) is 5.56 Å². The van der Waals surface area contributed by atoms with Crippen LogP contribution in [0, 0.1) is 13.8 Å². The van der Waals surface area contributed by atoms with E-state index in [0.29, 0.717) is 16.4 Å². The number of para-hydroxylation sites is 1. The molecule has 5 nitrogen and oxygen atoms in total. The molecule has 3 N–H and O–H groups in total. The number of nitrogen functional groups attached to an aromatic ring is 1. The van der Waals surface area contributed by atoms with E-state index in [2.05, 4.69) is 5.32 Å². The molecule has 2 rings (SSSR count). The maximum absolute atomic E-state index is 12.2. The fourth-order valence-corrected chi connectivity index (χ4v) is 2.27. The van der Waals surface area contributed by atoms with Crippen molar-refractivity contribution < 1.29 is 14.3 Å². The molecule has 2 aromatic rings. The quantitative estimate of drug-likeness (QED) is 0.653. The minimum absolute atomic E-state index is 0.244. The highest BCUT2D eigenvalue weighted by Crippen LogP contribution is 2.21. The van der Waals surface area contributed by atoms with Gasteiger partial charge in [0.25, 0.3) is 5.91 Å². The average molecular weight is 347 g/mol. The summed E-state index contributed by atoms with van der Waals surface area (Å²) in [6.45, 7) is 5.14. The lowest BCUT2D eigenvalue weighted by atomic mass is 10.1. The third-order valence-corrected chi connectivity index (χ3v) is 3.89. The van der Waals surface area contributed by atoms with Gasteiger partial charge in [0.2, 0.25) is 0 Å². The first-order valence-electron chi connectivity index (χ1n) is 7.42. The molecule has 0 bridgehead atoms. The molecule has 2 aromatic carbocycles. The van der Waals surface area contributed by atoms with E-state index in [1.165, 1.54) is 6.92 Å². The number of nitrogens with two attached hydrogens (primary N) is 1. The van der Waals surface area contributed by atoms with Gasteiger partial charge in [0, 0.05) is 16.4 Å². The van der Waals surface area contributed by atoms with Gasteiger partial charge in [-0.2, -0.15) is 0 Å². The number of rotatable bonds is 4. The summed E-state index contributed by atoms with van der Waals surface area (Å²) in [6.07, 6.45) is -0.976. The maximum Gasteiger partial charge on any atom is 0.341 e. The zero-order chi connectivity index (χ0) is 17.9. The van der Waals surface area contributed by atoms with Crippen LogP contribution in [0.4, 0.5) is 11.4 Å². The highest BCUT2D eigenvalue weighted by Gasteiger charge is 2.21. The Morgan fingerprint density at radius 3 is 2.58 bits per heavy atom. The summed E-state index contributed by atoms with van der Waals surface area (Å²) in [6, 6.07) is 10.2. The summed E-state index contributed by atoms with van der Waals surface area (Å²) in [5.74, 6) is -1.08. The third-order valence-electron chi connectivity index (χ3n) is 3.65. The van der Waals surface area contributed by atoms with Crippen molar-refractivity contribution in [2.75, 3.05) is 11.1 Å². The summed E-state index contributed by atoms with van der Waals surface area (Å²) in [5, 5.41) is 3.21. The zero-order valence-corrected chi connectivity index (χ0v) is 14.5. The van der Waals surface area contributed by atoms with Crippen LogP contribution in [0.2, 0.25) is 5.02 Å². The molecule has 0 saturated carbocycles. The number of amides is 1. The molecule has 0 unspecified atom stereocenters. The van der Waals surface area contributed by atoms with E-state index in [1.807, 2.05) is 6.92 Å². The van der Waals surface area contributed by atoms with Gasteiger partial charge in [0.15, 0.2) is 6.10 Å². The third kappa shape index (κ3) is 4.06. The van der Waals surface area contributed by atoms with Gasteiger partial charge < -0.3 is 15.8 Å². The van der Waals surface area contributed by atoms with Crippen molar-refractivity contribution in [1.29, 1.82) is 0 Å². The molecule has 1 atom stereocenters. The Labute approximate surface area is 145 Å². The number of anilines is 2. The average Bonchev–Trinajstić information content (AvgIpc) is 2.53. The van der Waals surface area contributed by atoms with Crippen molar-refractivity contribution in [1.82, 2.24) is 0 Å². The SMILES string of the molecule is Cc1ccc(Cl)cc1NC(=O)[C@@H](C)OC(=O)c1cccc(C)c1N. The van der Waals surface area contributed by atoms with Crippen LogP contribution in [0.1, 0.15) is 28.4 Å². The van der Waals surface area contributed by atoms with E-state index in [9.17, 15) is 9.59 Å². The van der Waals surface area contributed by atoms with Crippen molar-refractivity contribution in [3.8, 4) is 0 Å². The highest BCUT2D eigenvalue weighted by atomic mass is 35.5. The first kappa shape index (κ1) is 17.8. The van der Waals surface area contributed by atoms with Gasteiger partial charge in [0.05, 0.1) is 5.56 Å². The number of hydrogen-bond donors (Lipinski definition) is 2. The Morgan fingerprint density at radius 1 is 1.17 bits per heavy atom. The summed E-state index contributed by atoms with van der Waals surface area (Å²) >= 11 is 5.93. The number of esters is 1. The standard InChI is InChI=1S/C18H19ClN2O3/c1-10-7-8-13(19)9-15(10)21-17(22)12(3)24-18(23)14-6-4-5-11(2)16(14)20/h4-9,12H,20H2,1-3H3,(H,21,22)/t12-/m1/s1. The van der Waals surface area contributed by atoms with Crippen molar-refractivity contribution in [2.45, 2.75) is 26.9 Å². The van der Waals surface area contributed by atoms with E-state index < -0.39 is 18.0 Å². The molecular formula is C18H19ClN2O3. The number of carbonyl (C=O) groups excluding carboxylic acids is 2. The number of halogens is 1.